The zero-order valence-electron chi connectivity index (χ0n) is 9.88. The summed E-state index contributed by atoms with van der Waals surface area (Å²) < 4.78 is 13.5. The van der Waals surface area contributed by atoms with E-state index in [1.165, 1.54) is 19.3 Å². The minimum Gasteiger partial charge on any atom is -0.314 e. The summed E-state index contributed by atoms with van der Waals surface area (Å²) in [6, 6.07) is 7.58. The summed E-state index contributed by atoms with van der Waals surface area (Å²) in [6.07, 6.45) is 4.76. The van der Waals surface area contributed by atoms with Gasteiger partial charge in [0.25, 0.3) is 0 Å². The molecule has 0 spiro atoms. The number of benzene rings is 1. The molecule has 0 aromatic heterocycles. The van der Waals surface area contributed by atoms with Crippen molar-refractivity contribution < 1.29 is 4.39 Å². The fourth-order valence-electron chi connectivity index (χ4n) is 2.41. The summed E-state index contributed by atoms with van der Waals surface area (Å²) in [5, 5.41) is 3.49. The molecular formula is C14H20FN. The average molecular weight is 221 g/mol. The van der Waals surface area contributed by atoms with Crippen LogP contribution < -0.4 is 5.32 Å². The fourth-order valence-corrected chi connectivity index (χ4v) is 2.41. The van der Waals surface area contributed by atoms with Gasteiger partial charge in [-0.15, -0.1) is 0 Å². The van der Waals surface area contributed by atoms with Crippen LogP contribution in [0.5, 0.6) is 0 Å². The molecule has 1 fully saturated rings. The van der Waals surface area contributed by atoms with Gasteiger partial charge in [-0.3, -0.25) is 0 Å². The van der Waals surface area contributed by atoms with Gasteiger partial charge in [-0.2, -0.15) is 0 Å². The molecule has 0 saturated heterocycles. The average Bonchev–Trinajstić information content (AvgIpc) is 2.19. The first-order valence-corrected chi connectivity index (χ1v) is 6.28. The minimum absolute atomic E-state index is 0.0651. The molecule has 88 valence electrons. The van der Waals surface area contributed by atoms with Crippen LogP contribution >= 0.6 is 0 Å². The molecule has 0 radical (unpaired) electrons. The summed E-state index contributed by atoms with van der Waals surface area (Å²) in [7, 11) is 0. The molecule has 1 saturated carbocycles. The molecule has 1 aliphatic rings. The monoisotopic (exact) mass is 221 g/mol. The first-order chi connectivity index (χ1) is 7.81. The second kappa shape index (κ2) is 5.44. The van der Waals surface area contributed by atoms with Crippen molar-refractivity contribution in [3.8, 4) is 0 Å². The molecule has 1 aromatic carbocycles. The lowest BCUT2D eigenvalue weighted by Gasteiger charge is -2.34. The van der Waals surface area contributed by atoms with Crippen LogP contribution in [0, 0.1) is 11.7 Å². The number of nitrogens with one attached hydrogen (secondary N) is 1. The maximum absolute atomic E-state index is 13.5. The van der Waals surface area contributed by atoms with Gasteiger partial charge in [0.05, 0.1) is 0 Å². The van der Waals surface area contributed by atoms with Crippen LogP contribution in [0.15, 0.2) is 24.3 Å². The van der Waals surface area contributed by atoms with Gasteiger partial charge in [-0.1, -0.05) is 31.5 Å². The lowest BCUT2D eigenvalue weighted by Crippen LogP contribution is -2.41. The van der Waals surface area contributed by atoms with Gasteiger partial charge in [-0.05, 0) is 43.4 Å². The summed E-state index contributed by atoms with van der Waals surface area (Å²) in [6.45, 7) is 3.09. The predicted molar refractivity (Wildman–Crippen MR) is 64.9 cm³/mol. The van der Waals surface area contributed by atoms with Crippen molar-refractivity contribution in [3.63, 3.8) is 0 Å². The Hall–Kier alpha value is -0.890. The molecule has 0 heterocycles. The topological polar surface area (TPSA) is 12.0 Å². The van der Waals surface area contributed by atoms with E-state index in [-0.39, 0.29) is 5.82 Å². The standard InChI is InChI=1S/C14H20FN/c1-2-16-14(11-7-5-8-11)10-12-6-3-4-9-13(12)15/h3-4,6,9,11,14,16H,2,5,7-8,10H2,1H3. The molecule has 1 atom stereocenters. The maximum Gasteiger partial charge on any atom is 0.126 e. The Morgan fingerprint density at radius 3 is 2.69 bits per heavy atom. The largest absolute Gasteiger partial charge is 0.314 e. The summed E-state index contributed by atoms with van der Waals surface area (Å²) in [5.74, 6) is 0.685. The van der Waals surface area contributed by atoms with E-state index in [0.717, 1.165) is 24.4 Å². The highest BCUT2D eigenvalue weighted by molar-refractivity contribution is 5.18. The Kier molecular flexibility index (Phi) is 3.94. The Balaban J connectivity index is 2.01. The van der Waals surface area contributed by atoms with Crippen molar-refractivity contribution in [2.75, 3.05) is 6.54 Å². The highest BCUT2D eigenvalue weighted by Crippen LogP contribution is 2.31. The lowest BCUT2D eigenvalue weighted by molar-refractivity contribution is 0.228. The summed E-state index contributed by atoms with van der Waals surface area (Å²) in [5.41, 5.74) is 0.848. The zero-order chi connectivity index (χ0) is 11.4. The van der Waals surface area contributed by atoms with Crippen molar-refractivity contribution in [2.24, 2.45) is 5.92 Å². The Bertz CT molecular complexity index is 333. The van der Waals surface area contributed by atoms with Crippen LogP contribution in [-0.4, -0.2) is 12.6 Å². The van der Waals surface area contributed by atoms with Gasteiger partial charge in [0.2, 0.25) is 0 Å². The molecule has 0 bridgehead atoms. The highest BCUT2D eigenvalue weighted by Gasteiger charge is 2.27. The fraction of sp³-hybridized carbons (Fsp3) is 0.571. The van der Waals surface area contributed by atoms with Gasteiger partial charge in [0, 0.05) is 6.04 Å². The second-order valence-electron chi connectivity index (χ2n) is 4.65. The van der Waals surface area contributed by atoms with Crippen molar-refractivity contribution in [1.82, 2.24) is 5.32 Å². The van der Waals surface area contributed by atoms with E-state index in [4.69, 9.17) is 0 Å². The van der Waals surface area contributed by atoms with Crippen molar-refractivity contribution >= 4 is 0 Å². The van der Waals surface area contributed by atoms with Gasteiger partial charge in [0.1, 0.15) is 5.82 Å². The third-order valence-corrected chi connectivity index (χ3v) is 3.58. The third kappa shape index (κ3) is 2.62. The van der Waals surface area contributed by atoms with Crippen molar-refractivity contribution in [3.05, 3.63) is 35.6 Å². The van der Waals surface area contributed by atoms with Crippen LogP contribution in [0.2, 0.25) is 0 Å². The van der Waals surface area contributed by atoms with E-state index in [0.29, 0.717) is 6.04 Å². The number of hydrogen-bond donors (Lipinski definition) is 1. The second-order valence-corrected chi connectivity index (χ2v) is 4.65. The van der Waals surface area contributed by atoms with Crippen LogP contribution in [0.3, 0.4) is 0 Å². The highest BCUT2D eigenvalue weighted by atomic mass is 19.1. The molecule has 1 unspecified atom stereocenters. The molecule has 1 aliphatic carbocycles. The number of halogens is 1. The zero-order valence-corrected chi connectivity index (χ0v) is 9.88. The van der Waals surface area contributed by atoms with Gasteiger partial charge in [0.15, 0.2) is 0 Å². The predicted octanol–water partition coefficient (Wildman–Crippen LogP) is 3.15. The smallest absolute Gasteiger partial charge is 0.126 e. The Labute approximate surface area is 97.1 Å². The quantitative estimate of drug-likeness (QED) is 0.805. The Morgan fingerprint density at radius 1 is 1.38 bits per heavy atom. The molecule has 0 amide bonds. The molecule has 1 nitrogen and oxygen atoms in total. The number of rotatable bonds is 5. The Morgan fingerprint density at radius 2 is 2.12 bits per heavy atom. The van der Waals surface area contributed by atoms with E-state index >= 15 is 0 Å². The van der Waals surface area contributed by atoms with Crippen molar-refractivity contribution in [1.29, 1.82) is 0 Å². The molecule has 2 rings (SSSR count). The number of likely N-dealkylation sites (N-methyl/N-ethyl adjacent to an activating group) is 1. The molecule has 2 heteroatoms. The lowest BCUT2D eigenvalue weighted by atomic mass is 9.77. The number of hydrogen-bond acceptors (Lipinski definition) is 1. The van der Waals surface area contributed by atoms with E-state index in [1.807, 2.05) is 12.1 Å². The molecule has 16 heavy (non-hydrogen) atoms. The van der Waals surface area contributed by atoms with E-state index < -0.39 is 0 Å². The summed E-state index contributed by atoms with van der Waals surface area (Å²) >= 11 is 0. The SMILES string of the molecule is CCNC(Cc1ccccc1F)C1CCC1. The molecular weight excluding hydrogens is 201 g/mol. The third-order valence-electron chi connectivity index (χ3n) is 3.58. The minimum atomic E-state index is -0.0651. The van der Waals surface area contributed by atoms with Crippen LogP contribution in [0.1, 0.15) is 31.7 Å². The van der Waals surface area contributed by atoms with Crippen LogP contribution in [-0.2, 0) is 6.42 Å². The molecule has 1 N–H and O–H groups in total. The van der Waals surface area contributed by atoms with Gasteiger partial charge >= 0.3 is 0 Å². The van der Waals surface area contributed by atoms with Gasteiger partial charge in [-0.25, -0.2) is 4.39 Å². The first kappa shape index (κ1) is 11.6. The first-order valence-electron chi connectivity index (χ1n) is 6.28. The molecule has 1 aromatic rings. The normalized spacial score (nSPS) is 18.1. The van der Waals surface area contributed by atoms with E-state index in [1.54, 1.807) is 12.1 Å². The van der Waals surface area contributed by atoms with Crippen molar-refractivity contribution in [2.45, 2.75) is 38.6 Å². The van der Waals surface area contributed by atoms with E-state index in [9.17, 15) is 4.39 Å². The van der Waals surface area contributed by atoms with E-state index in [2.05, 4.69) is 12.2 Å². The van der Waals surface area contributed by atoms with Crippen LogP contribution in [0.4, 0.5) is 4.39 Å². The molecule has 0 aliphatic heterocycles. The van der Waals surface area contributed by atoms with Crippen LogP contribution in [0.25, 0.3) is 0 Å². The van der Waals surface area contributed by atoms with Gasteiger partial charge < -0.3 is 5.32 Å². The summed E-state index contributed by atoms with van der Waals surface area (Å²) in [4.78, 5) is 0. The maximum atomic E-state index is 13.5.